The van der Waals surface area contributed by atoms with Crippen molar-refractivity contribution in [3.05, 3.63) is 47.2 Å². The van der Waals surface area contributed by atoms with Crippen molar-refractivity contribution in [1.82, 2.24) is 9.97 Å². The molecule has 1 heterocycles. The van der Waals surface area contributed by atoms with Crippen LogP contribution in [0.1, 0.15) is 17.9 Å². The summed E-state index contributed by atoms with van der Waals surface area (Å²) in [6, 6.07) is 9.62. The number of hydrogen-bond donors (Lipinski definition) is 1. The van der Waals surface area contributed by atoms with Crippen LogP contribution in [0.4, 0.5) is 5.95 Å². The molecular formula is C12H12ClN3S. The fourth-order valence-corrected chi connectivity index (χ4v) is 2.65. The number of benzene rings is 1. The topological polar surface area (TPSA) is 51.8 Å². The number of anilines is 1. The Morgan fingerprint density at radius 3 is 2.76 bits per heavy atom. The van der Waals surface area contributed by atoms with Crippen LogP contribution in [0.5, 0.6) is 0 Å². The first-order valence-corrected chi connectivity index (χ1v) is 6.42. The van der Waals surface area contributed by atoms with E-state index in [1.165, 1.54) is 0 Å². The molecular weight excluding hydrogens is 254 g/mol. The Hall–Kier alpha value is -1.26. The van der Waals surface area contributed by atoms with Gasteiger partial charge in [-0.3, -0.25) is 0 Å². The van der Waals surface area contributed by atoms with Crippen LogP contribution in [-0.4, -0.2) is 9.97 Å². The molecule has 1 unspecified atom stereocenters. The number of hydrogen-bond acceptors (Lipinski definition) is 4. The van der Waals surface area contributed by atoms with Gasteiger partial charge in [-0.05, 0) is 25.1 Å². The van der Waals surface area contributed by atoms with Crippen LogP contribution >= 0.6 is 23.4 Å². The second kappa shape index (κ2) is 5.38. The zero-order valence-electron chi connectivity index (χ0n) is 9.30. The number of nitrogen functional groups attached to an aromatic ring is 1. The van der Waals surface area contributed by atoms with Gasteiger partial charge in [-0.25, -0.2) is 9.97 Å². The maximum Gasteiger partial charge on any atom is 0.220 e. The molecule has 0 spiro atoms. The normalized spacial score (nSPS) is 12.4. The Morgan fingerprint density at radius 1 is 1.29 bits per heavy atom. The van der Waals surface area contributed by atoms with Crippen LogP contribution in [0.2, 0.25) is 5.02 Å². The van der Waals surface area contributed by atoms with Crippen LogP contribution in [0.25, 0.3) is 0 Å². The standard InChI is InChI=1S/C12H12ClN3S/c1-8(10-6-7-15-12(14)16-10)17-11-5-3-2-4-9(11)13/h2-8H,1H3,(H2,14,15,16). The molecule has 1 atom stereocenters. The maximum atomic E-state index is 6.11. The molecule has 88 valence electrons. The van der Waals surface area contributed by atoms with Crippen LogP contribution in [0.3, 0.4) is 0 Å². The summed E-state index contributed by atoms with van der Waals surface area (Å²) >= 11 is 7.76. The second-order valence-electron chi connectivity index (χ2n) is 3.53. The minimum atomic E-state index is 0.181. The molecule has 5 heteroatoms. The van der Waals surface area contributed by atoms with Gasteiger partial charge in [0.1, 0.15) is 0 Å². The van der Waals surface area contributed by atoms with Gasteiger partial charge >= 0.3 is 0 Å². The van der Waals surface area contributed by atoms with E-state index in [9.17, 15) is 0 Å². The molecule has 1 aromatic carbocycles. The van der Waals surface area contributed by atoms with Crippen molar-refractivity contribution in [2.24, 2.45) is 0 Å². The van der Waals surface area contributed by atoms with Gasteiger partial charge in [0, 0.05) is 16.3 Å². The lowest BCUT2D eigenvalue weighted by Gasteiger charge is -2.11. The van der Waals surface area contributed by atoms with E-state index in [0.29, 0.717) is 5.95 Å². The SMILES string of the molecule is CC(Sc1ccccc1Cl)c1ccnc(N)n1. The molecule has 1 aromatic heterocycles. The van der Waals surface area contributed by atoms with Crippen molar-refractivity contribution in [1.29, 1.82) is 0 Å². The third kappa shape index (κ3) is 3.11. The largest absolute Gasteiger partial charge is 0.368 e. The Labute approximate surface area is 109 Å². The van der Waals surface area contributed by atoms with Gasteiger partial charge in [0.15, 0.2) is 0 Å². The van der Waals surface area contributed by atoms with Crippen LogP contribution < -0.4 is 5.73 Å². The van der Waals surface area contributed by atoms with Crippen LogP contribution in [0.15, 0.2) is 41.4 Å². The predicted octanol–water partition coefficient (Wildman–Crippen LogP) is 3.57. The van der Waals surface area contributed by atoms with E-state index in [2.05, 4.69) is 16.9 Å². The molecule has 0 bridgehead atoms. The van der Waals surface area contributed by atoms with E-state index < -0.39 is 0 Å². The van der Waals surface area contributed by atoms with Crippen molar-refractivity contribution in [2.75, 3.05) is 5.73 Å². The van der Waals surface area contributed by atoms with Crippen molar-refractivity contribution in [2.45, 2.75) is 17.1 Å². The number of nitrogens with two attached hydrogens (primary N) is 1. The van der Waals surface area contributed by atoms with Crippen molar-refractivity contribution in [3.63, 3.8) is 0 Å². The average Bonchev–Trinajstić information content (AvgIpc) is 2.32. The summed E-state index contributed by atoms with van der Waals surface area (Å²) in [5, 5.41) is 0.937. The molecule has 0 saturated heterocycles. The molecule has 2 aromatic rings. The molecule has 0 saturated carbocycles. The zero-order valence-corrected chi connectivity index (χ0v) is 10.9. The monoisotopic (exact) mass is 265 g/mol. The summed E-state index contributed by atoms with van der Waals surface area (Å²) in [6.45, 7) is 2.07. The molecule has 0 radical (unpaired) electrons. The van der Waals surface area contributed by atoms with Crippen molar-refractivity contribution >= 4 is 29.3 Å². The lowest BCUT2D eigenvalue weighted by molar-refractivity contribution is 0.985. The molecule has 0 aliphatic heterocycles. The Kier molecular flexibility index (Phi) is 3.86. The lowest BCUT2D eigenvalue weighted by Crippen LogP contribution is -1.99. The Bertz CT molecular complexity index is 519. The van der Waals surface area contributed by atoms with Gasteiger partial charge in [-0.1, -0.05) is 23.7 Å². The van der Waals surface area contributed by atoms with E-state index >= 15 is 0 Å². The summed E-state index contributed by atoms with van der Waals surface area (Å²) in [4.78, 5) is 9.12. The summed E-state index contributed by atoms with van der Waals surface area (Å²) in [5.74, 6) is 0.300. The van der Waals surface area contributed by atoms with Gasteiger partial charge in [0.25, 0.3) is 0 Å². The first kappa shape index (κ1) is 12.2. The molecule has 0 aliphatic carbocycles. The summed E-state index contributed by atoms with van der Waals surface area (Å²) in [7, 11) is 0. The molecule has 0 fully saturated rings. The highest BCUT2D eigenvalue weighted by Crippen LogP contribution is 2.37. The second-order valence-corrected chi connectivity index (χ2v) is 5.32. The highest BCUT2D eigenvalue weighted by molar-refractivity contribution is 7.99. The van der Waals surface area contributed by atoms with Gasteiger partial charge < -0.3 is 5.73 Å². The van der Waals surface area contributed by atoms with E-state index in [4.69, 9.17) is 17.3 Å². The first-order valence-electron chi connectivity index (χ1n) is 5.16. The molecule has 0 aliphatic rings. The van der Waals surface area contributed by atoms with Crippen molar-refractivity contribution in [3.8, 4) is 0 Å². The van der Waals surface area contributed by atoms with E-state index in [-0.39, 0.29) is 5.25 Å². The predicted molar refractivity (Wildman–Crippen MR) is 72.2 cm³/mol. The van der Waals surface area contributed by atoms with E-state index in [1.54, 1.807) is 18.0 Å². The molecule has 3 nitrogen and oxygen atoms in total. The molecule has 2 N–H and O–H groups in total. The number of thioether (sulfide) groups is 1. The van der Waals surface area contributed by atoms with Crippen LogP contribution in [-0.2, 0) is 0 Å². The molecule has 17 heavy (non-hydrogen) atoms. The van der Waals surface area contributed by atoms with Gasteiger partial charge in [0.2, 0.25) is 5.95 Å². The van der Waals surface area contributed by atoms with Gasteiger partial charge in [-0.15, -0.1) is 11.8 Å². The third-order valence-electron chi connectivity index (χ3n) is 2.25. The number of nitrogens with zero attached hydrogens (tertiary/aromatic N) is 2. The smallest absolute Gasteiger partial charge is 0.220 e. The molecule has 0 amide bonds. The Morgan fingerprint density at radius 2 is 2.06 bits per heavy atom. The van der Waals surface area contributed by atoms with E-state index in [0.717, 1.165) is 15.6 Å². The third-order valence-corrected chi connectivity index (χ3v) is 3.90. The minimum absolute atomic E-state index is 0.181. The minimum Gasteiger partial charge on any atom is -0.368 e. The maximum absolute atomic E-state index is 6.11. The van der Waals surface area contributed by atoms with Crippen LogP contribution in [0, 0.1) is 0 Å². The summed E-state index contributed by atoms with van der Waals surface area (Å²) in [6.07, 6.45) is 1.67. The highest BCUT2D eigenvalue weighted by Gasteiger charge is 2.11. The number of rotatable bonds is 3. The Balaban J connectivity index is 2.17. The highest BCUT2D eigenvalue weighted by atomic mass is 35.5. The number of aromatic nitrogens is 2. The first-order chi connectivity index (χ1) is 8.16. The molecule has 2 rings (SSSR count). The number of halogens is 1. The van der Waals surface area contributed by atoms with Gasteiger partial charge in [0.05, 0.1) is 10.7 Å². The summed E-state index contributed by atoms with van der Waals surface area (Å²) < 4.78 is 0. The summed E-state index contributed by atoms with van der Waals surface area (Å²) in [5.41, 5.74) is 6.47. The van der Waals surface area contributed by atoms with Crippen molar-refractivity contribution < 1.29 is 0 Å². The quantitative estimate of drug-likeness (QED) is 0.862. The lowest BCUT2D eigenvalue weighted by atomic mass is 10.3. The fraction of sp³-hybridized carbons (Fsp3) is 0.167. The fourth-order valence-electron chi connectivity index (χ4n) is 1.41. The zero-order chi connectivity index (χ0) is 12.3. The van der Waals surface area contributed by atoms with E-state index in [1.807, 2.05) is 30.3 Å². The van der Waals surface area contributed by atoms with Gasteiger partial charge in [-0.2, -0.15) is 0 Å². The average molecular weight is 266 g/mol.